The third-order valence-corrected chi connectivity index (χ3v) is 8.04. The smallest absolute Gasteiger partial charge is 0.261 e. The second kappa shape index (κ2) is 10.8. The normalized spacial score (nSPS) is 16.4. The van der Waals surface area contributed by atoms with E-state index in [0.29, 0.717) is 40.7 Å². The number of ether oxygens (including phenoxy) is 1. The molecule has 1 amide bonds. The van der Waals surface area contributed by atoms with Gasteiger partial charge in [0.25, 0.3) is 11.5 Å². The number of fused-ring (bicyclic) bond motifs is 2. The highest BCUT2D eigenvalue weighted by molar-refractivity contribution is 6.02. The van der Waals surface area contributed by atoms with Crippen molar-refractivity contribution < 1.29 is 14.6 Å². The van der Waals surface area contributed by atoms with Gasteiger partial charge in [0.05, 0.1) is 16.7 Å². The summed E-state index contributed by atoms with van der Waals surface area (Å²) in [5.74, 6) is 1.21. The summed E-state index contributed by atoms with van der Waals surface area (Å²) in [6.07, 6.45) is 6.49. The number of pyridine rings is 1. The fourth-order valence-corrected chi connectivity index (χ4v) is 5.94. The van der Waals surface area contributed by atoms with Crippen molar-refractivity contribution in [2.45, 2.75) is 64.6 Å². The van der Waals surface area contributed by atoms with Crippen LogP contribution in [0.1, 0.15) is 59.2 Å². The highest BCUT2D eigenvalue weighted by Crippen LogP contribution is 2.34. The van der Waals surface area contributed by atoms with Crippen molar-refractivity contribution >= 4 is 22.6 Å². The van der Waals surface area contributed by atoms with Crippen LogP contribution in [-0.4, -0.2) is 56.2 Å². The maximum Gasteiger partial charge on any atom is 0.261 e. The van der Waals surface area contributed by atoms with Gasteiger partial charge in [0.15, 0.2) is 0 Å². The Morgan fingerprint density at radius 2 is 1.95 bits per heavy atom. The van der Waals surface area contributed by atoms with Gasteiger partial charge in [0, 0.05) is 30.9 Å². The third-order valence-electron chi connectivity index (χ3n) is 8.04. The molecule has 2 aromatic heterocycles. The molecule has 3 heterocycles. The predicted octanol–water partition coefficient (Wildman–Crippen LogP) is 4.68. The molecule has 0 spiro atoms. The minimum Gasteiger partial charge on any atom is -0.491 e. The standard InChI is InChI=1S/C31H35N5O4/c1-18-8-9-27(19(2)12-18)40-17-22(37)15-33-24-10-11-32-30(38)28(24)29-34-25-13-20-16-36(21-6-4-3-5-7-21)31(39)23(20)14-26(25)35-29/h8-14,21-22,37H,3-7,15-17H2,1-2H3,(H,34,35)(H2,32,33,38)/t22-/m1/s1. The number of anilines is 1. The number of rotatable bonds is 8. The molecule has 2 aliphatic rings. The molecule has 1 aliphatic carbocycles. The number of benzene rings is 2. The molecule has 0 radical (unpaired) electrons. The minimum absolute atomic E-state index is 0.0744. The summed E-state index contributed by atoms with van der Waals surface area (Å²) in [5.41, 5.74) is 5.85. The Bertz CT molecular complexity index is 1620. The number of carbonyl (C=O) groups excluding carboxylic acids is 1. The number of hydrogen-bond acceptors (Lipinski definition) is 6. The summed E-state index contributed by atoms with van der Waals surface area (Å²) in [4.78, 5) is 38.9. The number of nitrogens with zero attached hydrogens (tertiary/aromatic N) is 2. The van der Waals surface area contributed by atoms with Crippen LogP contribution in [0.4, 0.5) is 5.69 Å². The first-order valence-corrected chi connectivity index (χ1v) is 14.0. The third kappa shape index (κ3) is 5.09. The number of aromatic nitrogens is 3. The molecule has 9 nitrogen and oxygen atoms in total. The number of imidazole rings is 1. The molecule has 40 heavy (non-hydrogen) atoms. The Morgan fingerprint density at radius 1 is 1.12 bits per heavy atom. The van der Waals surface area contributed by atoms with Gasteiger partial charge in [-0.3, -0.25) is 9.59 Å². The molecule has 4 aromatic rings. The lowest BCUT2D eigenvalue weighted by atomic mass is 9.94. The van der Waals surface area contributed by atoms with Gasteiger partial charge >= 0.3 is 0 Å². The fourth-order valence-electron chi connectivity index (χ4n) is 5.94. The second-order valence-electron chi connectivity index (χ2n) is 11.0. The molecule has 1 aliphatic heterocycles. The van der Waals surface area contributed by atoms with Crippen molar-refractivity contribution in [3.63, 3.8) is 0 Å². The lowest BCUT2D eigenvalue weighted by Crippen LogP contribution is -2.36. The van der Waals surface area contributed by atoms with Gasteiger partial charge in [0.2, 0.25) is 0 Å². The maximum atomic E-state index is 13.2. The van der Waals surface area contributed by atoms with E-state index in [1.54, 1.807) is 12.3 Å². The molecule has 2 aromatic carbocycles. The van der Waals surface area contributed by atoms with Crippen LogP contribution in [-0.2, 0) is 6.54 Å². The van der Waals surface area contributed by atoms with Crippen LogP contribution in [0, 0.1) is 13.8 Å². The molecular formula is C31H35N5O4. The van der Waals surface area contributed by atoms with Crippen LogP contribution in [0.5, 0.6) is 5.75 Å². The Hall–Kier alpha value is -4.11. The second-order valence-corrected chi connectivity index (χ2v) is 11.0. The minimum atomic E-state index is -0.801. The monoisotopic (exact) mass is 541 g/mol. The van der Waals surface area contributed by atoms with Crippen molar-refractivity contribution in [3.05, 3.63) is 75.2 Å². The van der Waals surface area contributed by atoms with Crippen LogP contribution >= 0.6 is 0 Å². The lowest BCUT2D eigenvalue weighted by Gasteiger charge is -2.30. The summed E-state index contributed by atoms with van der Waals surface area (Å²) in [6.45, 7) is 4.90. The number of aromatic amines is 2. The van der Waals surface area contributed by atoms with E-state index in [4.69, 9.17) is 9.72 Å². The molecule has 0 unspecified atom stereocenters. The van der Waals surface area contributed by atoms with Crippen molar-refractivity contribution in [1.29, 1.82) is 0 Å². The molecule has 208 valence electrons. The Labute approximate surface area is 232 Å². The number of H-pyrrole nitrogens is 2. The van der Waals surface area contributed by atoms with E-state index in [1.807, 2.05) is 49.1 Å². The number of aryl methyl sites for hydroxylation is 2. The SMILES string of the molecule is Cc1ccc(OC[C@H](O)CNc2cc[nH]c(=O)c2-c2nc3cc4c(cc3[nH]2)CN(C2CCCCC2)C4=O)c(C)c1. The zero-order chi connectivity index (χ0) is 27.8. The average molecular weight is 542 g/mol. The fraction of sp³-hybridized carbons (Fsp3) is 0.387. The molecule has 0 bridgehead atoms. The van der Waals surface area contributed by atoms with Crippen LogP contribution < -0.4 is 15.6 Å². The van der Waals surface area contributed by atoms with E-state index in [0.717, 1.165) is 40.8 Å². The molecule has 1 atom stereocenters. The van der Waals surface area contributed by atoms with Crippen molar-refractivity contribution in [2.75, 3.05) is 18.5 Å². The topological polar surface area (TPSA) is 123 Å². The van der Waals surface area contributed by atoms with Gasteiger partial charge in [-0.2, -0.15) is 0 Å². The van der Waals surface area contributed by atoms with Gasteiger partial charge in [-0.15, -0.1) is 0 Å². The summed E-state index contributed by atoms with van der Waals surface area (Å²) >= 11 is 0. The number of amides is 1. The average Bonchev–Trinajstić information content (AvgIpc) is 3.50. The molecule has 1 fully saturated rings. The van der Waals surface area contributed by atoms with Crippen LogP contribution in [0.15, 0.2) is 47.4 Å². The number of aliphatic hydroxyl groups excluding tert-OH is 1. The van der Waals surface area contributed by atoms with Gasteiger partial charge < -0.3 is 30.0 Å². The largest absolute Gasteiger partial charge is 0.491 e. The van der Waals surface area contributed by atoms with Gasteiger partial charge in [-0.25, -0.2) is 4.98 Å². The van der Waals surface area contributed by atoms with E-state index >= 15 is 0 Å². The van der Waals surface area contributed by atoms with E-state index < -0.39 is 6.10 Å². The van der Waals surface area contributed by atoms with E-state index in [-0.39, 0.29) is 24.6 Å². The van der Waals surface area contributed by atoms with Crippen molar-refractivity contribution in [2.24, 2.45) is 0 Å². The van der Waals surface area contributed by atoms with E-state index in [1.165, 1.54) is 19.3 Å². The van der Waals surface area contributed by atoms with Gasteiger partial charge in [0.1, 0.15) is 29.8 Å². The first-order chi connectivity index (χ1) is 19.4. The highest BCUT2D eigenvalue weighted by Gasteiger charge is 2.34. The molecular weight excluding hydrogens is 506 g/mol. The molecule has 1 saturated carbocycles. The predicted molar refractivity (Wildman–Crippen MR) is 155 cm³/mol. The Balaban J connectivity index is 1.18. The zero-order valence-corrected chi connectivity index (χ0v) is 22.9. The van der Waals surface area contributed by atoms with E-state index in [2.05, 4.69) is 15.3 Å². The Kier molecular flexibility index (Phi) is 7.06. The number of nitrogens with one attached hydrogen (secondary N) is 3. The summed E-state index contributed by atoms with van der Waals surface area (Å²) in [7, 11) is 0. The number of hydrogen-bond donors (Lipinski definition) is 4. The van der Waals surface area contributed by atoms with Crippen LogP contribution in [0.3, 0.4) is 0 Å². The molecule has 6 rings (SSSR count). The number of aliphatic hydroxyl groups is 1. The molecule has 4 N–H and O–H groups in total. The molecule has 0 saturated heterocycles. The Morgan fingerprint density at radius 3 is 2.75 bits per heavy atom. The number of carbonyl (C=O) groups is 1. The van der Waals surface area contributed by atoms with Crippen molar-refractivity contribution in [1.82, 2.24) is 19.9 Å². The summed E-state index contributed by atoms with van der Waals surface area (Å²) in [6, 6.07) is 11.8. The lowest BCUT2D eigenvalue weighted by molar-refractivity contribution is 0.0660. The summed E-state index contributed by atoms with van der Waals surface area (Å²) in [5, 5.41) is 13.7. The van der Waals surface area contributed by atoms with Gasteiger partial charge in [-0.05, 0) is 62.1 Å². The zero-order valence-electron chi connectivity index (χ0n) is 22.9. The summed E-state index contributed by atoms with van der Waals surface area (Å²) < 4.78 is 5.81. The van der Waals surface area contributed by atoms with E-state index in [9.17, 15) is 14.7 Å². The highest BCUT2D eigenvalue weighted by atomic mass is 16.5. The molecule has 9 heteroatoms. The first kappa shape index (κ1) is 26.1. The maximum absolute atomic E-state index is 13.2. The first-order valence-electron chi connectivity index (χ1n) is 14.0. The van der Waals surface area contributed by atoms with Gasteiger partial charge in [-0.1, -0.05) is 37.0 Å². The quantitative estimate of drug-likeness (QED) is 0.257. The van der Waals surface area contributed by atoms with Crippen molar-refractivity contribution in [3.8, 4) is 17.1 Å². The van der Waals surface area contributed by atoms with Crippen LogP contribution in [0.2, 0.25) is 0 Å². The van der Waals surface area contributed by atoms with Crippen LogP contribution in [0.25, 0.3) is 22.4 Å².